The molecular formula is C16H27N3. The van der Waals surface area contributed by atoms with Crippen LogP contribution >= 0.6 is 0 Å². The van der Waals surface area contributed by atoms with Gasteiger partial charge in [-0.3, -0.25) is 4.90 Å². The molecule has 0 spiro atoms. The van der Waals surface area contributed by atoms with Crippen molar-refractivity contribution in [2.75, 3.05) is 31.1 Å². The summed E-state index contributed by atoms with van der Waals surface area (Å²) < 4.78 is 0. The molecule has 2 rings (SSSR count). The highest BCUT2D eigenvalue weighted by molar-refractivity contribution is 5.55. The van der Waals surface area contributed by atoms with E-state index in [1.165, 1.54) is 11.3 Å². The van der Waals surface area contributed by atoms with E-state index >= 15 is 0 Å². The van der Waals surface area contributed by atoms with Gasteiger partial charge >= 0.3 is 0 Å². The van der Waals surface area contributed by atoms with Crippen LogP contribution in [0.25, 0.3) is 0 Å². The molecule has 106 valence electrons. The summed E-state index contributed by atoms with van der Waals surface area (Å²) in [5.41, 5.74) is 8.92. The fraction of sp³-hybridized carbons (Fsp3) is 0.625. The first-order valence-electron chi connectivity index (χ1n) is 7.24. The van der Waals surface area contributed by atoms with Crippen molar-refractivity contribution in [3.8, 4) is 0 Å². The molecule has 1 aliphatic heterocycles. The van der Waals surface area contributed by atoms with Crippen LogP contribution in [0.5, 0.6) is 0 Å². The van der Waals surface area contributed by atoms with E-state index in [1.807, 2.05) is 0 Å². The van der Waals surface area contributed by atoms with Crippen LogP contribution in [0.3, 0.4) is 0 Å². The molecule has 3 heteroatoms. The van der Waals surface area contributed by atoms with Crippen molar-refractivity contribution in [1.82, 2.24) is 4.90 Å². The number of hydrogen-bond acceptors (Lipinski definition) is 3. The monoisotopic (exact) mass is 261 g/mol. The molecule has 2 N–H and O–H groups in total. The van der Waals surface area contributed by atoms with Crippen LogP contribution in [-0.4, -0.2) is 36.6 Å². The van der Waals surface area contributed by atoms with Crippen molar-refractivity contribution >= 4 is 5.69 Å². The fourth-order valence-corrected chi connectivity index (χ4v) is 2.78. The van der Waals surface area contributed by atoms with E-state index in [2.05, 4.69) is 61.8 Å². The minimum atomic E-state index is 0.0943. The zero-order chi connectivity index (χ0) is 14.0. The molecular weight excluding hydrogens is 234 g/mol. The summed E-state index contributed by atoms with van der Waals surface area (Å²) in [7, 11) is 0. The summed E-state index contributed by atoms with van der Waals surface area (Å²) >= 11 is 0. The maximum Gasteiger partial charge on any atom is 0.0415 e. The van der Waals surface area contributed by atoms with Crippen molar-refractivity contribution in [2.24, 2.45) is 5.73 Å². The third-order valence-corrected chi connectivity index (χ3v) is 4.00. The molecule has 0 radical (unpaired) electrons. The number of benzene rings is 1. The van der Waals surface area contributed by atoms with Crippen LogP contribution in [0.4, 0.5) is 5.69 Å². The normalized spacial score (nSPS) is 19.5. The van der Waals surface area contributed by atoms with Gasteiger partial charge in [0.25, 0.3) is 0 Å². The predicted octanol–water partition coefficient (Wildman–Crippen LogP) is 2.63. The van der Waals surface area contributed by atoms with Gasteiger partial charge in [-0.15, -0.1) is 0 Å². The summed E-state index contributed by atoms with van der Waals surface area (Å²) in [6, 6.07) is 8.63. The molecule has 0 aliphatic carbocycles. The van der Waals surface area contributed by atoms with Gasteiger partial charge in [0.15, 0.2) is 0 Å². The lowest BCUT2D eigenvalue weighted by Gasteiger charge is -2.43. The van der Waals surface area contributed by atoms with Crippen LogP contribution < -0.4 is 10.6 Å². The van der Waals surface area contributed by atoms with Gasteiger partial charge in [0.1, 0.15) is 0 Å². The molecule has 1 aromatic carbocycles. The van der Waals surface area contributed by atoms with Gasteiger partial charge in [-0.1, -0.05) is 18.2 Å². The number of para-hydroxylation sites is 1. The summed E-state index contributed by atoms with van der Waals surface area (Å²) in [4.78, 5) is 5.03. The second-order valence-electron chi connectivity index (χ2n) is 6.49. The maximum atomic E-state index is 6.08. The number of nitrogens with zero attached hydrogens (tertiary/aromatic N) is 2. The van der Waals surface area contributed by atoms with Crippen LogP contribution in [0.2, 0.25) is 0 Å². The van der Waals surface area contributed by atoms with Gasteiger partial charge in [0, 0.05) is 43.4 Å². The Hall–Kier alpha value is -1.06. The maximum absolute atomic E-state index is 6.08. The zero-order valence-corrected chi connectivity index (χ0v) is 12.7. The molecule has 1 atom stereocenters. The van der Waals surface area contributed by atoms with Gasteiger partial charge in [-0.2, -0.15) is 0 Å². The van der Waals surface area contributed by atoms with E-state index in [9.17, 15) is 0 Å². The van der Waals surface area contributed by atoms with Crippen LogP contribution in [0, 0.1) is 0 Å². The van der Waals surface area contributed by atoms with Crippen LogP contribution in [-0.2, 0) is 0 Å². The number of anilines is 1. The number of hydrogen-bond donors (Lipinski definition) is 1. The lowest BCUT2D eigenvalue weighted by atomic mass is 10.0. The Labute approximate surface area is 117 Å². The first-order valence-corrected chi connectivity index (χ1v) is 7.24. The third kappa shape index (κ3) is 3.28. The molecule has 0 amide bonds. The quantitative estimate of drug-likeness (QED) is 0.888. The Balaban J connectivity index is 2.10. The lowest BCUT2D eigenvalue weighted by molar-refractivity contribution is 0.128. The molecule has 1 aliphatic rings. The van der Waals surface area contributed by atoms with E-state index < -0.39 is 0 Å². The average Bonchev–Trinajstić information content (AvgIpc) is 2.38. The highest BCUT2D eigenvalue weighted by Crippen LogP contribution is 2.27. The number of rotatable bonds is 2. The molecule has 0 aromatic heterocycles. The molecule has 1 heterocycles. The molecule has 1 saturated heterocycles. The Kier molecular flexibility index (Phi) is 4.16. The van der Waals surface area contributed by atoms with Crippen molar-refractivity contribution in [1.29, 1.82) is 0 Å². The van der Waals surface area contributed by atoms with Crippen LogP contribution in [0.15, 0.2) is 24.3 Å². The van der Waals surface area contributed by atoms with Gasteiger partial charge in [0.05, 0.1) is 0 Å². The molecule has 0 unspecified atom stereocenters. The van der Waals surface area contributed by atoms with E-state index in [0.717, 1.165) is 26.2 Å². The van der Waals surface area contributed by atoms with Crippen molar-refractivity contribution < 1.29 is 0 Å². The van der Waals surface area contributed by atoms with Crippen molar-refractivity contribution in [3.05, 3.63) is 29.8 Å². The summed E-state index contributed by atoms with van der Waals surface area (Å²) in [5, 5.41) is 0. The number of piperazine rings is 1. The Bertz CT molecular complexity index is 412. The summed E-state index contributed by atoms with van der Waals surface area (Å²) in [6.07, 6.45) is 0. The predicted molar refractivity (Wildman–Crippen MR) is 82.6 cm³/mol. The Morgan fingerprint density at radius 1 is 1.05 bits per heavy atom. The van der Waals surface area contributed by atoms with Gasteiger partial charge in [-0.25, -0.2) is 0 Å². The third-order valence-electron chi connectivity index (χ3n) is 4.00. The minimum absolute atomic E-state index is 0.0943. The highest BCUT2D eigenvalue weighted by atomic mass is 15.3. The van der Waals surface area contributed by atoms with Crippen molar-refractivity contribution in [2.45, 2.75) is 39.3 Å². The summed E-state index contributed by atoms with van der Waals surface area (Å²) in [5.74, 6) is 0. The SMILES string of the molecule is C[C@H](N)c1ccccc1N1CCN(C(C)(C)C)CC1. The van der Waals surface area contributed by atoms with Crippen LogP contribution in [0.1, 0.15) is 39.3 Å². The second-order valence-corrected chi connectivity index (χ2v) is 6.49. The first kappa shape index (κ1) is 14.4. The minimum Gasteiger partial charge on any atom is -0.369 e. The van der Waals surface area contributed by atoms with E-state index in [0.29, 0.717) is 0 Å². The molecule has 0 bridgehead atoms. The Morgan fingerprint density at radius 2 is 1.63 bits per heavy atom. The van der Waals surface area contributed by atoms with Gasteiger partial charge in [-0.05, 0) is 39.3 Å². The first-order chi connectivity index (χ1) is 8.89. The topological polar surface area (TPSA) is 32.5 Å². The number of nitrogens with two attached hydrogens (primary N) is 1. The van der Waals surface area contributed by atoms with E-state index in [1.54, 1.807) is 0 Å². The van der Waals surface area contributed by atoms with Crippen molar-refractivity contribution in [3.63, 3.8) is 0 Å². The second kappa shape index (κ2) is 5.51. The molecule has 1 aromatic rings. The largest absolute Gasteiger partial charge is 0.369 e. The highest BCUT2D eigenvalue weighted by Gasteiger charge is 2.26. The standard InChI is InChI=1S/C16H27N3/c1-13(17)14-7-5-6-8-15(14)18-9-11-19(12-10-18)16(2,3)4/h5-8,13H,9-12,17H2,1-4H3/t13-/m0/s1. The van der Waals surface area contributed by atoms with Gasteiger partial charge in [0.2, 0.25) is 0 Å². The summed E-state index contributed by atoms with van der Waals surface area (Å²) in [6.45, 7) is 13.3. The molecule has 1 fully saturated rings. The van der Waals surface area contributed by atoms with E-state index in [-0.39, 0.29) is 11.6 Å². The van der Waals surface area contributed by atoms with Gasteiger partial charge < -0.3 is 10.6 Å². The van der Waals surface area contributed by atoms with E-state index in [4.69, 9.17) is 5.73 Å². The molecule has 0 saturated carbocycles. The lowest BCUT2D eigenvalue weighted by Crippen LogP contribution is -2.53. The zero-order valence-electron chi connectivity index (χ0n) is 12.7. The Morgan fingerprint density at radius 3 is 2.16 bits per heavy atom. The fourth-order valence-electron chi connectivity index (χ4n) is 2.78. The molecule has 19 heavy (non-hydrogen) atoms. The molecule has 3 nitrogen and oxygen atoms in total. The smallest absolute Gasteiger partial charge is 0.0415 e. The average molecular weight is 261 g/mol.